The zero-order chi connectivity index (χ0) is 13.8. The van der Waals surface area contributed by atoms with Gasteiger partial charge in [0.05, 0.1) is 13.5 Å². The minimum absolute atomic E-state index is 0.218. The number of carbonyl (C=O) groups excluding carboxylic acids is 1. The number of ether oxygens (including phenoxy) is 1. The fraction of sp³-hybridized carbons (Fsp3) is 0.562. The lowest BCUT2D eigenvalue weighted by Crippen LogP contribution is -2.39. The van der Waals surface area contributed by atoms with Crippen LogP contribution >= 0.6 is 0 Å². The molecule has 1 fully saturated rings. The van der Waals surface area contributed by atoms with E-state index in [2.05, 4.69) is 6.92 Å². The Balaban J connectivity index is 2.07. The summed E-state index contributed by atoms with van der Waals surface area (Å²) >= 11 is 0. The number of nitrogens with zero attached hydrogens (tertiary/aromatic N) is 1. The summed E-state index contributed by atoms with van der Waals surface area (Å²) in [6, 6.07) is 6.00. The first-order valence-electron chi connectivity index (χ1n) is 7.01. The van der Waals surface area contributed by atoms with E-state index in [9.17, 15) is 4.79 Å². The highest BCUT2D eigenvalue weighted by atomic mass is 16.5. The van der Waals surface area contributed by atoms with Crippen LogP contribution in [0, 0.1) is 12.8 Å². The molecule has 0 saturated carbocycles. The van der Waals surface area contributed by atoms with Crippen molar-refractivity contribution in [3.63, 3.8) is 0 Å². The number of hydrogen-bond acceptors (Lipinski definition) is 2. The molecule has 1 aromatic rings. The van der Waals surface area contributed by atoms with E-state index < -0.39 is 0 Å². The molecule has 1 aliphatic rings. The van der Waals surface area contributed by atoms with E-state index in [4.69, 9.17) is 4.74 Å². The number of benzene rings is 1. The summed E-state index contributed by atoms with van der Waals surface area (Å²) in [4.78, 5) is 14.4. The molecule has 3 nitrogen and oxygen atoms in total. The minimum atomic E-state index is 0.218. The average molecular weight is 261 g/mol. The lowest BCUT2D eigenvalue weighted by molar-refractivity contribution is -0.132. The van der Waals surface area contributed by atoms with E-state index >= 15 is 0 Å². The van der Waals surface area contributed by atoms with Gasteiger partial charge in [0.1, 0.15) is 5.75 Å². The maximum Gasteiger partial charge on any atom is 0.227 e. The fourth-order valence-electron chi connectivity index (χ4n) is 2.74. The molecule has 104 valence electrons. The number of aryl methyl sites for hydroxylation is 1. The van der Waals surface area contributed by atoms with Crippen LogP contribution in [0.4, 0.5) is 0 Å². The largest absolute Gasteiger partial charge is 0.496 e. The lowest BCUT2D eigenvalue weighted by atomic mass is 9.99. The van der Waals surface area contributed by atoms with Crippen molar-refractivity contribution in [1.82, 2.24) is 4.90 Å². The Labute approximate surface area is 115 Å². The Morgan fingerprint density at radius 3 is 2.95 bits per heavy atom. The van der Waals surface area contributed by atoms with Crippen LogP contribution in [-0.2, 0) is 11.2 Å². The molecule has 0 radical (unpaired) electrons. The molecule has 19 heavy (non-hydrogen) atoms. The van der Waals surface area contributed by atoms with Gasteiger partial charge in [0.15, 0.2) is 0 Å². The van der Waals surface area contributed by atoms with Crippen molar-refractivity contribution >= 4 is 5.91 Å². The third-order valence-corrected chi connectivity index (χ3v) is 3.79. The molecule has 1 unspecified atom stereocenters. The Hall–Kier alpha value is -1.51. The standard InChI is InChI=1S/C16H23NO2/c1-12-6-7-15(19-3)14(9-12)10-16(18)17-8-4-5-13(2)11-17/h6-7,9,13H,4-5,8,10-11H2,1-3H3. The van der Waals surface area contributed by atoms with E-state index in [0.717, 1.165) is 36.4 Å². The lowest BCUT2D eigenvalue weighted by Gasteiger charge is -2.31. The average Bonchev–Trinajstić information content (AvgIpc) is 2.39. The Morgan fingerprint density at radius 2 is 2.26 bits per heavy atom. The quantitative estimate of drug-likeness (QED) is 0.837. The van der Waals surface area contributed by atoms with Crippen molar-refractivity contribution in [2.24, 2.45) is 5.92 Å². The highest BCUT2D eigenvalue weighted by Crippen LogP contribution is 2.22. The van der Waals surface area contributed by atoms with Crippen LogP contribution < -0.4 is 4.74 Å². The monoisotopic (exact) mass is 261 g/mol. The summed E-state index contributed by atoms with van der Waals surface area (Å²) in [7, 11) is 1.65. The van der Waals surface area contributed by atoms with Crippen molar-refractivity contribution in [3.05, 3.63) is 29.3 Å². The molecule has 2 rings (SSSR count). The maximum atomic E-state index is 12.4. The molecule has 1 aromatic carbocycles. The van der Waals surface area contributed by atoms with Crippen LogP contribution in [0.1, 0.15) is 30.9 Å². The highest BCUT2D eigenvalue weighted by molar-refractivity contribution is 5.79. The van der Waals surface area contributed by atoms with Gasteiger partial charge in [-0.25, -0.2) is 0 Å². The van der Waals surface area contributed by atoms with Crippen molar-refractivity contribution in [2.45, 2.75) is 33.1 Å². The van der Waals surface area contributed by atoms with Gasteiger partial charge < -0.3 is 9.64 Å². The normalized spacial score (nSPS) is 19.3. The third kappa shape index (κ3) is 3.49. The number of likely N-dealkylation sites (tertiary alicyclic amines) is 1. The van der Waals surface area contributed by atoms with Crippen molar-refractivity contribution in [1.29, 1.82) is 0 Å². The Morgan fingerprint density at radius 1 is 1.47 bits per heavy atom. The van der Waals surface area contributed by atoms with E-state index in [1.165, 1.54) is 6.42 Å². The SMILES string of the molecule is COc1ccc(C)cc1CC(=O)N1CCCC(C)C1. The Bertz CT molecular complexity index is 456. The molecule has 0 N–H and O–H groups in total. The predicted molar refractivity (Wildman–Crippen MR) is 76.4 cm³/mol. The molecular weight excluding hydrogens is 238 g/mol. The van der Waals surface area contributed by atoms with Gasteiger partial charge in [-0.3, -0.25) is 4.79 Å². The van der Waals surface area contributed by atoms with Gasteiger partial charge in [-0.15, -0.1) is 0 Å². The number of piperidine rings is 1. The van der Waals surface area contributed by atoms with Crippen LogP contribution in [0.15, 0.2) is 18.2 Å². The molecule has 3 heteroatoms. The first kappa shape index (κ1) is 13.9. The smallest absolute Gasteiger partial charge is 0.227 e. The second-order valence-corrected chi connectivity index (χ2v) is 5.58. The molecule has 0 aliphatic carbocycles. The third-order valence-electron chi connectivity index (χ3n) is 3.79. The maximum absolute atomic E-state index is 12.4. The van der Waals surface area contributed by atoms with Crippen molar-refractivity contribution in [2.75, 3.05) is 20.2 Å². The van der Waals surface area contributed by atoms with Crippen molar-refractivity contribution < 1.29 is 9.53 Å². The van der Waals surface area contributed by atoms with Gasteiger partial charge in [-0.2, -0.15) is 0 Å². The second kappa shape index (κ2) is 6.09. The number of methoxy groups -OCH3 is 1. The van der Waals surface area contributed by atoms with Crippen molar-refractivity contribution in [3.8, 4) is 5.75 Å². The number of hydrogen-bond donors (Lipinski definition) is 0. The summed E-state index contributed by atoms with van der Waals surface area (Å²) in [5.41, 5.74) is 2.15. The molecule has 0 bridgehead atoms. The number of carbonyl (C=O) groups is 1. The van der Waals surface area contributed by atoms with Crippen LogP contribution in [0.2, 0.25) is 0 Å². The summed E-state index contributed by atoms with van der Waals surface area (Å²) in [5.74, 6) is 1.65. The van der Waals surface area contributed by atoms with Gasteiger partial charge in [-0.05, 0) is 31.7 Å². The molecule has 1 atom stereocenters. The molecule has 0 aromatic heterocycles. The first-order valence-corrected chi connectivity index (χ1v) is 7.01. The second-order valence-electron chi connectivity index (χ2n) is 5.58. The zero-order valence-corrected chi connectivity index (χ0v) is 12.1. The summed E-state index contributed by atoms with van der Waals surface area (Å²) < 4.78 is 5.34. The number of rotatable bonds is 3. The van der Waals surface area contributed by atoms with Crippen LogP contribution in [0.25, 0.3) is 0 Å². The summed E-state index contributed by atoms with van der Waals surface area (Å²) in [5, 5.41) is 0. The van der Waals surface area contributed by atoms with Crippen LogP contribution in [0.3, 0.4) is 0 Å². The summed E-state index contributed by atoms with van der Waals surface area (Å²) in [6.07, 6.45) is 2.80. The molecule has 1 saturated heterocycles. The zero-order valence-electron chi connectivity index (χ0n) is 12.1. The summed E-state index contributed by atoms with van der Waals surface area (Å²) in [6.45, 7) is 6.05. The minimum Gasteiger partial charge on any atom is -0.496 e. The van der Waals surface area contributed by atoms with E-state index in [-0.39, 0.29) is 5.91 Å². The molecule has 1 amide bonds. The van der Waals surface area contributed by atoms with Gasteiger partial charge in [0.2, 0.25) is 5.91 Å². The topological polar surface area (TPSA) is 29.5 Å². The van der Waals surface area contributed by atoms with E-state index in [1.54, 1.807) is 7.11 Å². The van der Waals surface area contributed by atoms with Gasteiger partial charge in [-0.1, -0.05) is 24.6 Å². The van der Waals surface area contributed by atoms with Crippen LogP contribution in [-0.4, -0.2) is 31.0 Å². The van der Waals surface area contributed by atoms with Gasteiger partial charge >= 0.3 is 0 Å². The van der Waals surface area contributed by atoms with Crippen LogP contribution in [0.5, 0.6) is 5.75 Å². The molecule has 0 spiro atoms. The molecule has 1 heterocycles. The number of amides is 1. The Kier molecular flexibility index (Phi) is 4.46. The van der Waals surface area contributed by atoms with E-state index in [1.807, 2.05) is 30.0 Å². The molecule has 1 aliphatic heterocycles. The van der Waals surface area contributed by atoms with Gasteiger partial charge in [0, 0.05) is 18.7 Å². The highest BCUT2D eigenvalue weighted by Gasteiger charge is 2.21. The van der Waals surface area contributed by atoms with Gasteiger partial charge in [0.25, 0.3) is 0 Å². The molecular formula is C16H23NO2. The predicted octanol–water partition coefficient (Wildman–Crippen LogP) is 2.80. The fourth-order valence-corrected chi connectivity index (χ4v) is 2.74. The first-order chi connectivity index (χ1) is 9.10. The van der Waals surface area contributed by atoms with E-state index in [0.29, 0.717) is 12.3 Å².